The summed E-state index contributed by atoms with van der Waals surface area (Å²) in [6.07, 6.45) is 0. The molecule has 1 heterocycles. The monoisotopic (exact) mass is 261 g/mol. The van der Waals surface area contributed by atoms with Crippen molar-refractivity contribution in [2.75, 3.05) is 0 Å². The van der Waals surface area contributed by atoms with E-state index in [1.54, 1.807) is 0 Å². The first kappa shape index (κ1) is 11.2. The Bertz CT molecular complexity index is 458. The maximum absolute atomic E-state index is 12.9. The summed E-state index contributed by atoms with van der Waals surface area (Å²) in [5.74, 6) is -1.45. The Morgan fingerprint density at radius 2 is 1.31 bits per heavy atom. The number of rotatable bonds is 1. The Kier molecular flexibility index (Phi) is 2.98. The third-order valence-electron chi connectivity index (χ3n) is 1.70. The van der Waals surface area contributed by atoms with Gasteiger partial charge in [-0.1, -0.05) is 0 Å². The maximum atomic E-state index is 12.9. The van der Waals surface area contributed by atoms with Gasteiger partial charge in [0.05, 0.1) is 0 Å². The lowest BCUT2D eigenvalue weighted by Gasteiger charge is -2.01. The molecule has 2 rings (SSSR count). The number of aromatic nitrogens is 3. The summed E-state index contributed by atoms with van der Waals surface area (Å²) in [6, 6.07) is 2.89. The zero-order valence-electron chi connectivity index (χ0n) is 7.59. The molecule has 0 aliphatic carbocycles. The minimum absolute atomic E-state index is 0.0170. The van der Waals surface area contributed by atoms with Gasteiger partial charge in [-0.2, -0.15) is 15.0 Å². The van der Waals surface area contributed by atoms with E-state index in [4.69, 9.17) is 23.2 Å². The van der Waals surface area contributed by atoms with E-state index < -0.39 is 11.6 Å². The van der Waals surface area contributed by atoms with Gasteiger partial charge in [0.15, 0.2) is 5.82 Å². The summed E-state index contributed by atoms with van der Waals surface area (Å²) in [4.78, 5) is 10.9. The summed E-state index contributed by atoms with van der Waals surface area (Å²) in [7, 11) is 0. The number of hydrogen-bond acceptors (Lipinski definition) is 3. The Labute approximate surface area is 99.1 Å². The van der Waals surface area contributed by atoms with Gasteiger partial charge in [0, 0.05) is 11.6 Å². The van der Waals surface area contributed by atoms with Crippen molar-refractivity contribution in [1.82, 2.24) is 15.0 Å². The van der Waals surface area contributed by atoms with Crippen molar-refractivity contribution in [2.45, 2.75) is 0 Å². The normalized spacial score (nSPS) is 10.5. The largest absolute Gasteiger partial charge is 0.227 e. The molecule has 0 radical (unpaired) electrons. The second kappa shape index (κ2) is 4.27. The van der Waals surface area contributed by atoms with Gasteiger partial charge in [-0.05, 0) is 35.3 Å². The quantitative estimate of drug-likeness (QED) is 0.792. The van der Waals surface area contributed by atoms with Crippen molar-refractivity contribution in [3.05, 3.63) is 40.4 Å². The van der Waals surface area contributed by atoms with E-state index in [-0.39, 0.29) is 22.0 Å². The lowest BCUT2D eigenvalue weighted by Crippen LogP contribution is -1.94. The molecule has 3 nitrogen and oxygen atoms in total. The fourth-order valence-corrected chi connectivity index (χ4v) is 1.50. The lowest BCUT2D eigenvalue weighted by atomic mass is 10.2. The molecule has 1 aromatic heterocycles. The van der Waals surface area contributed by atoms with E-state index in [0.29, 0.717) is 0 Å². The fourth-order valence-electron chi connectivity index (χ4n) is 1.14. The second-order valence-electron chi connectivity index (χ2n) is 2.86. The zero-order chi connectivity index (χ0) is 11.7. The fraction of sp³-hybridized carbons (Fsp3) is 0. The summed E-state index contributed by atoms with van der Waals surface area (Å²) < 4.78 is 25.9. The number of nitrogens with zero attached hydrogens (tertiary/aromatic N) is 3. The Hall–Kier alpha value is -1.33. The number of hydrogen-bond donors (Lipinski definition) is 0. The molecule has 7 heteroatoms. The van der Waals surface area contributed by atoms with E-state index in [0.717, 1.165) is 18.2 Å². The topological polar surface area (TPSA) is 38.7 Å². The van der Waals surface area contributed by atoms with E-state index in [1.165, 1.54) is 0 Å². The third kappa shape index (κ3) is 2.43. The minimum Gasteiger partial charge on any atom is -0.207 e. The molecule has 16 heavy (non-hydrogen) atoms. The van der Waals surface area contributed by atoms with Gasteiger partial charge in [0.1, 0.15) is 11.6 Å². The van der Waals surface area contributed by atoms with Crippen molar-refractivity contribution < 1.29 is 8.78 Å². The minimum atomic E-state index is -0.734. The van der Waals surface area contributed by atoms with E-state index >= 15 is 0 Å². The molecule has 0 atom stereocenters. The average molecular weight is 262 g/mol. The molecule has 1 aromatic carbocycles. The molecule has 0 spiro atoms. The molecule has 0 aliphatic heterocycles. The van der Waals surface area contributed by atoms with Gasteiger partial charge in [-0.15, -0.1) is 0 Å². The molecular weight excluding hydrogens is 259 g/mol. The molecule has 0 aliphatic rings. The van der Waals surface area contributed by atoms with Crippen LogP contribution in [0.1, 0.15) is 0 Å². The Morgan fingerprint density at radius 1 is 0.812 bits per heavy atom. The molecule has 0 fully saturated rings. The average Bonchev–Trinajstić information content (AvgIpc) is 2.14. The molecule has 2 aromatic rings. The number of halogens is 4. The summed E-state index contributed by atoms with van der Waals surface area (Å²) in [5, 5.41) is -0.278. The van der Waals surface area contributed by atoms with Crippen LogP contribution in [0.4, 0.5) is 8.78 Å². The van der Waals surface area contributed by atoms with Crippen LogP contribution >= 0.6 is 23.2 Å². The first-order valence-corrected chi connectivity index (χ1v) is 4.84. The van der Waals surface area contributed by atoms with Crippen LogP contribution in [0, 0.1) is 11.6 Å². The molecule has 0 bridgehead atoms. The standard InChI is InChI=1S/C9H3Cl2F2N3/c10-8-14-7(15-9(11)16-8)4-1-5(12)3-6(13)2-4/h1-3H. The Morgan fingerprint density at radius 3 is 1.81 bits per heavy atom. The van der Waals surface area contributed by atoms with Gasteiger partial charge in [-0.3, -0.25) is 0 Å². The maximum Gasteiger partial charge on any atom is 0.227 e. The first-order valence-electron chi connectivity index (χ1n) is 4.08. The van der Waals surface area contributed by atoms with E-state index in [1.807, 2.05) is 0 Å². The van der Waals surface area contributed by atoms with Crippen LogP contribution in [-0.4, -0.2) is 15.0 Å². The molecule has 0 saturated carbocycles. The van der Waals surface area contributed by atoms with Gasteiger partial charge in [0.25, 0.3) is 0 Å². The SMILES string of the molecule is Fc1cc(F)cc(-c2nc(Cl)nc(Cl)n2)c1. The van der Waals surface area contributed by atoms with Crippen molar-refractivity contribution in [1.29, 1.82) is 0 Å². The zero-order valence-corrected chi connectivity index (χ0v) is 9.10. The van der Waals surface area contributed by atoms with Crippen molar-refractivity contribution in [2.24, 2.45) is 0 Å². The predicted molar refractivity (Wildman–Crippen MR) is 55.2 cm³/mol. The van der Waals surface area contributed by atoms with Crippen molar-refractivity contribution in [3.63, 3.8) is 0 Å². The van der Waals surface area contributed by atoms with Crippen LogP contribution in [0.15, 0.2) is 18.2 Å². The van der Waals surface area contributed by atoms with Crippen LogP contribution in [0.3, 0.4) is 0 Å². The third-order valence-corrected chi connectivity index (χ3v) is 2.04. The smallest absolute Gasteiger partial charge is 0.207 e. The highest BCUT2D eigenvalue weighted by Crippen LogP contribution is 2.20. The van der Waals surface area contributed by atoms with Gasteiger partial charge in [-0.25, -0.2) is 8.78 Å². The highest BCUT2D eigenvalue weighted by molar-refractivity contribution is 6.31. The highest BCUT2D eigenvalue weighted by atomic mass is 35.5. The van der Waals surface area contributed by atoms with Crippen molar-refractivity contribution in [3.8, 4) is 11.4 Å². The van der Waals surface area contributed by atoms with Crippen LogP contribution < -0.4 is 0 Å². The summed E-state index contributed by atoms with van der Waals surface area (Å²) in [6.45, 7) is 0. The lowest BCUT2D eigenvalue weighted by molar-refractivity contribution is 0.584. The van der Waals surface area contributed by atoms with Crippen LogP contribution in [0.25, 0.3) is 11.4 Å². The van der Waals surface area contributed by atoms with E-state index in [2.05, 4.69) is 15.0 Å². The van der Waals surface area contributed by atoms with Gasteiger partial charge < -0.3 is 0 Å². The molecule has 0 amide bonds. The highest BCUT2D eigenvalue weighted by Gasteiger charge is 2.08. The summed E-state index contributed by atoms with van der Waals surface area (Å²) in [5.41, 5.74) is 0.142. The van der Waals surface area contributed by atoms with Crippen LogP contribution in [0.5, 0.6) is 0 Å². The van der Waals surface area contributed by atoms with Crippen LogP contribution in [0.2, 0.25) is 10.6 Å². The van der Waals surface area contributed by atoms with Gasteiger partial charge >= 0.3 is 0 Å². The molecule has 82 valence electrons. The van der Waals surface area contributed by atoms with Crippen LogP contribution in [-0.2, 0) is 0 Å². The Balaban J connectivity index is 2.57. The summed E-state index contributed by atoms with van der Waals surface area (Å²) >= 11 is 11.1. The number of benzene rings is 1. The van der Waals surface area contributed by atoms with Crippen molar-refractivity contribution >= 4 is 23.2 Å². The molecule has 0 saturated heterocycles. The predicted octanol–water partition coefficient (Wildman–Crippen LogP) is 3.12. The van der Waals surface area contributed by atoms with Gasteiger partial charge in [0.2, 0.25) is 10.6 Å². The second-order valence-corrected chi connectivity index (χ2v) is 3.53. The molecule has 0 unspecified atom stereocenters. The first-order chi connectivity index (χ1) is 7.54. The molecular formula is C9H3Cl2F2N3. The molecule has 0 N–H and O–H groups in total. The van der Waals surface area contributed by atoms with E-state index in [9.17, 15) is 8.78 Å².